The minimum atomic E-state index is -0.00227. The van der Waals surface area contributed by atoms with Crippen LogP contribution in [0, 0.1) is 5.92 Å². The lowest BCUT2D eigenvalue weighted by Crippen LogP contribution is -2.33. The molecule has 1 aromatic rings. The number of halogens is 1. The Bertz CT molecular complexity index is 374. The van der Waals surface area contributed by atoms with Crippen molar-refractivity contribution >= 4 is 21.8 Å². The van der Waals surface area contributed by atoms with Crippen LogP contribution in [0.15, 0.2) is 21.2 Å². The zero-order valence-corrected chi connectivity index (χ0v) is 10.5. The van der Waals surface area contributed by atoms with Gasteiger partial charge in [-0.1, -0.05) is 6.92 Å². The highest BCUT2D eigenvalue weighted by molar-refractivity contribution is 9.10. The van der Waals surface area contributed by atoms with Crippen molar-refractivity contribution in [3.63, 3.8) is 0 Å². The zero-order valence-electron chi connectivity index (χ0n) is 8.87. The molecule has 2 heterocycles. The number of carbonyl (C=O) groups is 1. The molecule has 1 aliphatic heterocycles. The van der Waals surface area contributed by atoms with Crippen molar-refractivity contribution in [2.45, 2.75) is 26.3 Å². The number of amides is 1. The molecule has 0 N–H and O–H groups in total. The van der Waals surface area contributed by atoms with Gasteiger partial charge in [-0.3, -0.25) is 4.79 Å². The van der Waals surface area contributed by atoms with Crippen molar-refractivity contribution in [3.8, 4) is 0 Å². The molecule has 15 heavy (non-hydrogen) atoms. The quantitative estimate of drug-likeness (QED) is 0.787. The highest BCUT2D eigenvalue weighted by Gasteiger charge is 2.31. The summed E-state index contributed by atoms with van der Waals surface area (Å²) in [6, 6.07) is 3.77. The maximum Gasteiger partial charge on any atom is 0.289 e. The summed E-state index contributed by atoms with van der Waals surface area (Å²) >= 11 is 3.20. The van der Waals surface area contributed by atoms with Gasteiger partial charge in [-0.05, 0) is 47.3 Å². The Kier molecular flexibility index (Phi) is 2.87. The molecule has 1 amide bonds. The Morgan fingerprint density at radius 2 is 2.27 bits per heavy atom. The van der Waals surface area contributed by atoms with E-state index in [-0.39, 0.29) is 5.91 Å². The van der Waals surface area contributed by atoms with Crippen LogP contribution in [0.3, 0.4) is 0 Å². The summed E-state index contributed by atoms with van der Waals surface area (Å²) in [4.78, 5) is 13.9. The lowest BCUT2D eigenvalue weighted by atomic mass is 10.1. The van der Waals surface area contributed by atoms with Crippen LogP contribution >= 0.6 is 15.9 Å². The number of likely N-dealkylation sites (tertiary alicyclic amines) is 1. The maximum atomic E-state index is 12.0. The van der Waals surface area contributed by atoms with Gasteiger partial charge in [0.25, 0.3) is 5.91 Å². The molecular weight excluding hydrogens is 258 g/mol. The van der Waals surface area contributed by atoms with Crippen molar-refractivity contribution in [1.82, 2.24) is 4.90 Å². The zero-order chi connectivity index (χ0) is 11.0. The summed E-state index contributed by atoms with van der Waals surface area (Å²) in [6.45, 7) is 5.08. The molecular formula is C11H14BrNO2. The predicted octanol–water partition coefficient (Wildman–Crippen LogP) is 2.91. The molecule has 1 aromatic heterocycles. The molecule has 0 radical (unpaired) electrons. The molecule has 0 bridgehead atoms. The van der Waals surface area contributed by atoms with Crippen LogP contribution in [0.4, 0.5) is 0 Å². The Morgan fingerprint density at radius 1 is 1.53 bits per heavy atom. The van der Waals surface area contributed by atoms with Crippen LogP contribution in [0.1, 0.15) is 30.8 Å². The van der Waals surface area contributed by atoms with E-state index in [9.17, 15) is 4.79 Å². The second-order valence-corrected chi connectivity index (χ2v) is 5.03. The third kappa shape index (κ3) is 2.09. The molecule has 3 nitrogen and oxygen atoms in total. The smallest absolute Gasteiger partial charge is 0.289 e. The van der Waals surface area contributed by atoms with Gasteiger partial charge < -0.3 is 9.32 Å². The van der Waals surface area contributed by atoms with Gasteiger partial charge in [0.2, 0.25) is 0 Å². The fourth-order valence-corrected chi connectivity index (χ4v) is 2.46. The molecule has 2 atom stereocenters. The van der Waals surface area contributed by atoms with Crippen molar-refractivity contribution in [2.75, 3.05) is 6.54 Å². The molecule has 2 unspecified atom stereocenters. The molecule has 4 heteroatoms. The van der Waals surface area contributed by atoms with E-state index in [2.05, 4.69) is 29.8 Å². The highest BCUT2D eigenvalue weighted by Crippen LogP contribution is 2.25. The van der Waals surface area contributed by atoms with E-state index in [1.54, 1.807) is 12.1 Å². The summed E-state index contributed by atoms with van der Waals surface area (Å²) in [5.74, 6) is 1.00. The van der Waals surface area contributed by atoms with Crippen LogP contribution in [0.2, 0.25) is 0 Å². The lowest BCUT2D eigenvalue weighted by molar-refractivity contribution is 0.0710. The Hall–Kier alpha value is -0.770. The Balaban J connectivity index is 2.15. The first kappa shape index (κ1) is 10.7. The van der Waals surface area contributed by atoms with E-state index < -0.39 is 0 Å². The molecule has 0 spiro atoms. The topological polar surface area (TPSA) is 33.5 Å². The molecule has 0 aromatic carbocycles. The predicted molar refractivity (Wildman–Crippen MR) is 60.7 cm³/mol. The van der Waals surface area contributed by atoms with Gasteiger partial charge in [0.05, 0.1) is 0 Å². The number of carbonyl (C=O) groups excluding carboxylic acids is 1. The monoisotopic (exact) mass is 271 g/mol. The van der Waals surface area contributed by atoms with Crippen molar-refractivity contribution in [2.24, 2.45) is 5.92 Å². The SMILES string of the molecule is CC1CC(C)N(C(=O)c2ccc(Br)o2)C1. The highest BCUT2D eigenvalue weighted by atomic mass is 79.9. The van der Waals surface area contributed by atoms with E-state index in [1.807, 2.05) is 4.90 Å². The summed E-state index contributed by atoms with van der Waals surface area (Å²) in [5.41, 5.74) is 0. The van der Waals surface area contributed by atoms with Crippen LogP contribution in [0.25, 0.3) is 0 Å². The van der Waals surface area contributed by atoms with Gasteiger partial charge in [0.15, 0.2) is 10.4 Å². The van der Waals surface area contributed by atoms with E-state index >= 15 is 0 Å². The second-order valence-electron chi connectivity index (χ2n) is 4.25. The van der Waals surface area contributed by atoms with Crippen LogP contribution in [-0.2, 0) is 0 Å². The van der Waals surface area contributed by atoms with E-state index in [4.69, 9.17) is 4.42 Å². The number of furan rings is 1. The Morgan fingerprint density at radius 3 is 2.73 bits per heavy atom. The van der Waals surface area contributed by atoms with Gasteiger partial charge in [-0.2, -0.15) is 0 Å². The van der Waals surface area contributed by atoms with Crippen LogP contribution < -0.4 is 0 Å². The normalized spacial score (nSPS) is 25.9. The van der Waals surface area contributed by atoms with Crippen LogP contribution in [-0.4, -0.2) is 23.4 Å². The van der Waals surface area contributed by atoms with E-state index in [1.165, 1.54) is 0 Å². The fourth-order valence-electron chi connectivity index (χ4n) is 2.15. The third-order valence-electron chi connectivity index (χ3n) is 2.83. The fraction of sp³-hybridized carbons (Fsp3) is 0.545. The average molecular weight is 272 g/mol. The summed E-state index contributed by atoms with van der Waals surface area (Å²) in [7, 11) is 0. The second kappa shape index (κ2) is 4.00. The summed E-state index contributed by atoms with van der Waals surface area (Å²) in [5, 5.41) is 0. The van der Waals surface area contributed by atoms with Gasteiger partial charge in [-0.15, -0.1) is 0 Å². The first-order chi connectivity index (χ1) is 7.08. The summed E-state index contributed by atoms with van der Waals surface area (Å²) in [6.07, 6.45) is 1.08. The van der Waals surface area contributed by atoms with E-state index in [0.717, 1.165) is 13.0 Å². The lowest BCUT2D eigenvalue weighted by Gasteiger charge is -2.19. The molecule has 2 rings (SSSR count). The van der Waals surface area contributed by atoms with Crippen molar-refractivity contribution in [3.05, 3.63) is 22.6 Å². The first-order valence-electron chi connectivity index (χ1n) is 5.14. The number of nitrogens with zero attached hydrogens (tertiary/aromatic N) is 1. The van der Waals surface area contributed by atoms with Gasteiger partial charge >= 0.3 is 0 Å². The van der Waals surface area contributed by atoms with Crippen molar-refractivity contribution in [1.29, 1.82) is 0 Å². The molecule has 0 aliphatic carbocycles. The number of rotatable bonds is 1. The van der Waals surface area contributed by atoms with Gasteiger partial charge in [0, 0.05) is 12.6 Å². The summed E-state index contributed by atoms with van der Waals surface area (Å²) < 4.78 is 5.87. The largest absolute Gasteiger partial charge is 0.444 e. The van der Waals surface area contributed by atoms with Crippen molar-refractivity contribution < 1.29 is 9.21 Å². The maximum absolute atomic E-state index is 12.0. The molecule has 82 valence electrons. The van der Waals surface area contributed by atoms with Gasteiger partial charge in [0.1, 0.15) is 0 Å². The number of hydrogen-bond donors (Lipinski definition) is 0. The Labute approximate surface area is 97.6 Å². The molecule has 1 fully saturated rings. The molecule has 1 saturated heterocycles. The average Bonchev–Trinajstić information content (AvgIpc) is 2.71. The van der Waals surface area contributed by atoms with Gasteiger partial charge in [-0.25, -0.2) is 0 Å². The first-order valence-corrected chi connectivity index (χ1v) is 5.93. The number of hydrogen-bond acceptors (Lipinski definition) is 2. The minimum absolute atomic E-state index is 0.00227. The molecule has 1 aliphatic rings. The standard InChI is InChI=1S/C11H14BrNO2/c1-7-5-8(2)13(6-7)11(14)9-3-4-10(12)15-9/h3-4,7-8H,5-6H2,1-2H3. The minimum Gasteiger partial charge on any atom is -0.444 e. The molecule has 0 saturated carbocycles. The van der Waals surface area contributed by atoms with E-state index in [0.29, 0.717) is 22.4 Å². The third-order valence-corrected chi connectivity index (χ3v) is 3.25. The van der Waals surface area contributed by atoms with Crippen LogP contribution in [0.5, 0.6) is 0 Å².